The number of unbranched alkanes of at least 4 members (excludes halogenated alkanes) is 1. The molecule has 0 saturated carbocycles. The molecule has 0 aliphatic carbocycles. The van der Waals surface area contributed by atoms with Crippen LogP contribution in [-0.4, -0.2) is 48.3 Å². The molecule has 0 aromatic rings. The molecule has 102 valence electrons. The van der Waals surface area contributed by atoms with E-state index < -0.39 is 12.7 Å². The maximum atomic E-state index is 12.5. The zero-order chi connectivity index (χ0) is 12.9. The van der Waals surface area contributed by atoms with Crippen LogP contribution in [0.15, 0.2) is 0 Å². The third kappa shape index (κ3) is 5.70. The first-order valence-electron chi connectivity index (χ1n) is 6.23. The number of nitrogens with two attached hydrogens (primary N) is 1. The summed E-state index contributed by atoms with van der Waals surface area (Å²) in [5.41, 5.74) is 0. The Hall–Kier alpha value is -0.330. The zero-order valence-electron chi connectivity index (χ0n) is 10.3. The zero-order valence-corrected chi connectivity index (χ0v) is 10.3. The summed E-state index contributed by atoms with van der Waals surface area (Å²) >= 11 is 0. The highest BCUT2D eigenvalue weighted by Crippen LogP contribution is 2.22. The van der Waals surface area contributed by atoms with Crippen molar-refractivity contribution in [1.29, 1.82) is 0 Å². The lowest BCUT2D eigenvalue weighted by Crippen LogP contribution is -2.49. The number of alkyl halides is 3. The second kappa shape index (κ2) is 6.56. The van der Waals surface area contributed by atoms with Crippen LogP contribution in [0.5, 0.6) is 0 Å². The Bertz CT molecular complexity index is 212. The van der Waals surface area contributed by atoms with Gasteiger partial charge in [0.25, 0.3) is 0 Å². The molecule has 2 N–H and O–H groups in total. The van der Waals surface area contributed by atoms with Gasteiger partial charge in [-0.2, -0.15) is 13.2 Å². The molecule has 0 radical (unpaired) electrons. The Morgan fingerprint density at radius 2 is 1.88 bits per heavy atom. The Kier molecular flexibility index (Phi) is 5.69. The van der Waals surface area contributed by atoms with Crippen molar-refractivity contribution in [2.24, 2.45) is 5.84 Å². The van der Waals surface area contributed by atoms with Crippen LogP contribution >= 0.6 is 0 Å². The molecule has 0 spiro atoms. The van der Waals surface area contributed by atoms with Gasteiger partial charge >= 0.3 is 6.18 Å². The van der Waals surface area contributed by atoms with E-state index in [9.17, 15) is 13.2 Å². The minimum Gasteiger partial charge on any atom is -0.292 e. The fourth-order valence-corrected chi connectivity index (χ4v) is 2.23. The Morgan fingerprint density at radius 1 is 1.29 bits per heavy atom. The highest BCUT2D eigenvalue weighted by molar-refractivity contribution is 4.79. The second-order valence-corrected chi connectivity index (χ2v) is 4.71. The monoisotopic (exact) mass is 253 g/mol. The standard InChI is InChI=1S/C11H22F3N3/c1-2-3-6-16(9-11(12,13)14)10-4-7-17(15)8-5-10/h10H,2-9,15H2,1H3. The smallest absolute Gasteiger partial charge is 0.292 e. The van der Waals surface area contributed by atoms with Gasteiger partial charge in [-0.3, -0.25) is 10.7 Å². The largest absolute Gasteiger partial charge is 0.401 e. The normalized spacial score (nSPS) is 20.1. The molecule has 6 heteroatoms. The van der Waals surface area contributed by atoms with Gasteiger partial charge in [0.2, 0.25) is 0 Å². The van der Waals surface area contributed by atoms with Gasteiger partial charge in [-0.25, -0.2) is 5.01 Å². The van der Waals surface area contributed by atoms with E-state index in [1.54, 1.807) is 9.91 Å². The van der Waals surface area contributed by atoms with Crippen LogP contribution in [0.3, 0.4) is 0 Å². The van der Waals surface area contributed by atoms with Gasteiger partial charge in [0, 0.05) is 19.1 Å². The van der Waals surface area contributed by atoms with Gasteiger partial charge in [-0.05, 0) is 25.8 Å². The van der Waals surface area contributed by atoms with E-state index in [1.165, 1.54) is 0 Å². The molecule has 0 atom stereocenters. The van der Waals surface area contributed by atoms with E-state index >= 15 is 0 Å². The Morgan fingerprint density at radius 3 is 2.35 bits per heavy atom. The summed E-state index contributed by atoms with van der Waals surface area (Å²) in [6, 6.07) is 0.0305. The van der Waals surface area contributed by atoms with Crippen LogP contribution in [-0.2, 0) is 0 Å². The van der Waals surface area contributed by atoms with Gasteiger partial charge in [0.15, 0.2) is 0 Å². The molecule has 3 nitrogen and oxygen atoms in total. The number of hydrazine groups is 1. The van der Waals surface area contributed by atoms with Crippen molar-refractivity contribution in [2.45, 2.75) is 44.8 Å². The van der Waals surface area contributed by atoms with Crippen LogP contribution < -0.4 is 5.84 Å². The van der Waals surface area contributed by atoms with E-state index in [1.807, 2.05) is 6.92 Å². The van der Waals surface area contributed by atoms with Crippen molar-refractivity contribution in [3.8, 4) is 0 Å². The lowest BCUT2D eigenvalue weighted by molar-refractivity contribution is -0.153. The lowest BCUT2D eigenvalue weighted by Gasteiger charge is -2.37. The summed E-state index contributed by atoms with van der Waals surface area (Å²) in [5, 5.41) is 1.68. The number of hydrogen-bond donors (Lipinski definition) is 1. The summed E-state index contributed by atoms with van der Waals surface area (Å²) in [4.78, 5) is 1.58. The van der Waals surface area contributed by atoms with E-state index in [0.717, 1.165) is 25.7 Å². The summed E-state index contributed by atoms with van der Waals surface area (Å²) in [6.45, 7) is 3.11. The van der Waals surface area contributed by atoms with Crippen LogP contribution in [0.25, 0.3) is 0 Å². The highest BCUT2D eigenvalue weighted by atomic mass is 19.4. The van der Waals surface area contributed by atoms with E-state index in [0.29, 0.717) is 19.6 Å². The molecule has 1 heterocycles. The third-order valence-electron chi connectivity index (χ3n) is 3.20. The van der Waals surface area contributed by atoms with Crippen LogP contribution in [0.2, 0.25) is 0 Å². The van der Waals surface area contributed by atoms with Gasteiger partial charge in [-0.1, -0.05) is 13.3 Å². The highest BCUT2D eigenvalue weighted by Gasteiger charge is 2.34. The molecule has 0 unspecified atom stereocenters. The van der Waals surface area contributed by atoms with Gasteiger partial charge in [0.1, 0.15) is 0 Å². The maximum Gasteiger partial charge on any atom is 0.401 e. The van der Waals surface area contributed by atoms with Crippen molar-refractivity contribution in [1.82, 2.24) is 9.91 Å². The van der Waals surface area contributed by atoms with Crippen molar-refractivity contribution in [3.05, 3.63) is 0 Å². The van der Waals surface area contributed by atoms with Gasteiger partial charge < -0.3 is 0 Å². The lowest BCUT2D eigenvalue weighted by atomic mass is 10.0. The first kappa shape index (κ1) is 14.7. The Balaban J connectivity index is 2.49. The summed E-state index contributed by atoms with van der Waals surface area (Å²) < 4.78 is 37.5. The van der Waals surface area contributed by atoms with Crippen molar-refractivity contribution >= 4 is 0 Å². The molecule has 1 saturated heterocycles. The predicted octanol–water partition coefficient (Wildman–Crippen LogP) is 1.99. The minimum atomic E-state index is -4.10. The second-order valence-electron chi connectivity index (χ2n) is 4.71. The molecule has 0 bridgehead atoms. The predicted molar refractivity (Wildman–Crippen MR) is 61.3 cm³/mol. The number of nitrogens with zero attached hydrogens (tertiary/aromatic N) is 2. The molecule has 0 amide bonds. The molecule has 17 heavy (non-hydrogen) atoms. The minimum absolute atomic E-state index is 0.0305. The maximum absolute atomic E-state index is 12.5. The van der Waals surface area contributed by atoms with Crippen LogP contribution in [0.4, 0.5) is 13.2 Å². The average molecular weight is 253 g/mol. The molecule has 1 rings (SSSR count). The molecule has 0 aromatic heterocycles. The number of rotatable bonds is 5. The molecular formula is C11H22F3N3. The number of hydrogen-bond acceptors (Lipinski definition) is 3. The first-order chi connectivity index (χ1) is 7.92. The fourth-order valence-electron chi connectivity index (χ4n) is 2.23. The number of halogens is 3. The van der Waals surface area contributed by atoms with E-state index in [4.69, 9.17) is 5.84 Å². The Labute approximate surface area is 101 Å². The van der Waals surface area contributed by atoms with Crippen molar-refractivity contribution in [3.63, 3.8) is 0 Å². The summed E-state index contributed by atoms with van der Waals surface area (Å²) in [5.74, 6) is 5.62. The van der Waals surface area contributed by atoms with Crippen LogP contribution in [0, 0.1) is 0 Å². The van der Waals surface area contributed by atoms with E-state index in [2.05, 4.69) is 0 Å². The SMILES string of the molecule is CCCCN(CC(F)(F)F)C1CCN(N)CC1. The molecule has 1 fully saturated rings. The summed E-state index contributed by atoms with van der Waals surface area (Å²) in [7, 11) is 0. The third-order valence-corrected chi connectivity index (χ3v) is 3.20. The molecule has 1 aliphatic heterocycles. The van der Waals surface area contributed by atoms with Gasteiger partial charge in [-0.15, -0.1) is 0 Å². The number of piperidine rings is 1. The first-order valence-corrected chi connectivity index (χ1v) is 6.23. The molecule has 1 aliphatic rings. The van der Waals surface area contributed by atoms with Gasteiger partial charge in [0.05, 0.1) is 6.54 Å². The van der Waals surface area contributed by atoms with E-state index in [-0.39, 0.29) is 6.04 Å². The quantitative estimate of drug-likeness (QED) is 0.761. The molecular weight excluding hydrogens is 231 g/mol. The van der Waals surface area contributed by atoms with Crippen molar-refractivity contribution < 1.29 is 13.2 Å². The van der Waals surface area contributed by atoms with Crippen LogP contribution in [0.1, 0.15) is 32.6 Å². The van der Waals surface area contributed by atoms with Crippen molar-refractivity contribution in [2.75, 3.05) is 26.2 Å². The topological polar surface area (TPSA) is 32.5 Å². The summed E-state index contributed by atoms with van der Waals surface area (Å²) in [6.07, 6.45) is -0.900. The average Bonchev–Trinajstić information content (AvgIpc) is 2.24. The fraction of sp³-hybridized carbons (Fsp3) is 1.00. The molecule has 0 aromatic carbocycles.